The molecule has 0 aliphatic carbocycles. The minimum atomic E-state index is -1.18. The zero-order valence-corrected chi connectivity index (χ0v) is 19.5. The molecule has 0 bridgehead atoms. The van der Waals surface area contributed by atoms with Crippen molar-refractivity contribution in [2.24, 2.45) is 0 Å². The maximum absolute atomic E-state index is 12.8. The van der Waals surface area contributed by atoms with Crippen LogP contribution < -0.4 is 25.4 Å². The second-order valence-electron chi connectivity index (χ2n) is 7.63. The minimum absolute atomic E-state index is 0.0289. The number of carbonyl (C=O) groups is 3. The Balaban J connectivity index is 1.92. The summed E-state index contributed by atoms with van der Waals surface area (Å²) in [6.45, 7) is 0.0289. The first-order valence-electron chi connectivity index (χ1n) is 10.7. The van der Waals surface area contributed by atoms with E-state index < -0.39 is 30.2 Å². The van der Waals surface area contributed by atoms with Crippen LogP contribution in [0.4, 0.5) is 4.79 Å². The number of benzene rings is 2. The van der Waals surface area contributed by atoms with Gasteiger partial charge < -0.3 is 29.6 Å². The van der Waals surface area contributed by atoms with Crippen molar-refractivity contribution >= 4 is 18.0 Å². The number of fused-ring (bicyclic) bond motifs is 1. The molecule has 3 N–H and O–H groups in total. The standard InChI is InChI=1S/C24H29N3O7/c1-25-22(28)17-10-15-11-18(31-2)19(32-3)12-16(15)20(26-17)21(23(29)33-4)27-24(30)34-13-14-8-6-5-7-9-14/h5-9,11-12,17,20-21,26H,10,13H2,1-4H3,(H,25,28)(H,27,30)/t17-,20?,21-/m0/s1. The lowest BCUT2D eigenvalue weighted by Gasteiger charge is -2.36. The summed E-state index contributed by atoms with van der Waals surface area (Å²) in [5.41, 5.74) is 2.23. The number of ether oxygens (including phenoxy) is 4. The third kappa shape index (κ3) is 5.57. The Morgan fingerprint density at radius 1 is 1.06 bits per heavy atom. The normalized spacial score (nSPS) is 17.5. The predicted octanol–water partition coefficient (Wildman–Crippen LogP) is 1.47. The Hall–Kier alpha value is -3.79. The summed E-state index contributed by atoms with van der Waals surface area (Å²) in [6.07, 6.45) is -0.455. The molecule has 34 heavy (non-hydrogen) atoms. The van der Waals surface area contributed by atoms with E-state index in [0.717, 1.165) is 11.1 Å². The van der Waals surface area contributed by atoms with Gasteiger partial charge in [-0.3, -0.25) is 10.1 Å². The molecule has 0 radical (unpaired) electrons. The van der Waals surface area contributed by atoms with Crippen molar-refractivity contribution in [3.8, 4) is 11.5 Å². The van der Waals surface area contributed by atoms with Gasteiger partial charge in [-0.25, -0.2) is 9.59 Å². The molecule has 2 amide bonds. The highest BCUT2D eigenvalue weighted by Gasteiger charge is 2.40. The lowest BCUT2D eigenvalue weighted by atomic mass is 9.85. The lowest BCUT2D eigenvalue weighted by Crippen LogP contribution is -2.57. The number of nitrogens with one attached hydrogen (secondary N) is 3. The van der Waals surface area contributed by atoms with Crippen LogP contribution in [-0.4, -0.2) is 58.4 Å². The smallest absolute Gasteiger partial charge is 0.408 e. The molecular formula is C24H29N3O7. The van der Waals surface area contributed by atoms with Crippen LogP contribution in [0.5, 0.6) is 11.5 Å². The Morgan fingerprint density at radius 3 is 2.35 bits per heavy atom. The van der Waals surface area contributed by atoms with Gasteiger partial charge in [0.15, 0.2) is 11.5 Å². The first-order chi connectivity index (χ1) is 16.4. The average molecular weight is 472 g/mol. The number of alkyl carbamates (subject to hydrolysis) is 1. The van der Waals surface area contributed by atoms with E-state index in [1.807, 2.05) is 30.3 Å². The zero-order chi connectivity index (χ0) is 24.7. The third-order valence-corrected chi connectivity index (χ3v) is 5.62. The molecule has 3 rings (SSSR count). The molecule has 2 aromatic rings. The highest BCUT2D eigenvalue weighted by molar-refractivity contribution is 5.85. The largest absolute Gasteiger partial charge is 0.493 e. The number of likely N-dealkylation sites (N-methyl/N-ethyl adjacent to an activating group) is 1. The molecule has 0 aromatic heterocycles. The van der Waals surface area contributed by atoms with Crippen molar-refractivity contribution < 1.29 is 33.3 Å². The highest BCUT2D eigenvalue weighted by Crippen LogP contribution is 2.37. The summed E-state index contributed by atoms with van der Waals surface area (Å²) < 4.78 is 21.1. The van der Waals surface area contributed by atoms with Crippen molar-refractivity contribution in [3.05, 3.63) is 59.2 Å². The van der Waals surface area contributed by atoms with Crippen LogP contribution >= 0.6 is 0 Å². The number of methoxy groups -OCH3 is 3. The van der Waals surface area contributed by atoms with E-state index in [2.05, 4.69) is 16.0 Å². The fourth-order valence-corrected chi connectivity index (χ4v) is 3.90. The van der Waals surface area contributed by atoms with Gasteiger partial charge in [0.25, 0.3) is 0 Å². The molecule has 0 fully saturated rings. The fraction of sp³-hybridized carbons (Fsp3) is 0.375. The summed E-state index contributed by atoms with van der Waals surface area (Å²) in [6, 6.07) is 9.99. The highest BCUT2D eigenvalue weighted by atomic mass is 16.6. The number of amides is 2. The van der Waals surface area contributed by atoms with Crippen LogP contribution in [0.25, 0.3) is 0 Å². The molecule has 2 aromatic carbocycles. The average Bonchev–Trinajstić information content (AvgIpc) is 2.88. The second-order valence-corrected chi connectivity index (χ2v) is 7.63. The molecule has 1 heterocycles. The van der Waals surface area contributed by atoms with Crippen molar-refractivity contribution in [2.75, 3.05) is 28.4 Å². The molecule has 10 heteroatoms. The van der Waals surface area contributed by atoms with Crippen molar-refractivity contribution in [3.63, 3.8) is 0 Å². The summed E-state index contributed by atoms with van der Waals surface area (Å²) in [5.74, 6) is -0.0303. The van der Waals surface area contributed by atoms with Gasteiger partial charge in [0.2, 0.25) is 5.91 Å². The van der Waals surface area contributed by atoms with E-state index in [0.29, 0.717) is 23.5 Å². The first-order valence-corrected chi connectivity index (χ1v) is 10.7. The topological polar surface area (TPSA) is 124 Å². The molecule has 0 saturated carbocycles. The van der Waals surface area contributed by atoms with Gasteiger partial charge >= 0.3 is 12.1 Å². The molecular weight excluding hydrogens is 442 g/mol. The number of carbonyl (C=O) groups excluding carboxylic acids is 3. The van der Waals surface area contributed by atoms with E-state index in [1.54, 1.807) is 12.1 Å². The van der Waals surface area contributed by atoms with Crippen molar-refractivity contribution in [2.45, 2.75) is 31.2 Å². The van der Waals surface area contributed by atoms with Crippen molar-refractivity contribution in [1.29, 1.82) is 0 Å². The van der Waals surface area contributed by atoms with E-state index in [9.17, 15) is 14.4 Å². The number of hydrogen-bond donors (Lipinski definition) is 3. The Morgan fingerprint density at radius 2 is 1.74 bits per heavy atom. The lowest BCUT2D eigenvalue weighted by molar-refractivity contribution is -0.144. The number of hydrogen-bond acceptors (Lipinski definition) is 8. The van der Waals surface area contributed by atoms with E-state index in [1.165, 1.54) is 28.4 Å². The summed E-state index contributed by atoms with van der Waals surface area (Å²) in [5, 5.41) is 8.37. The summed E-state index contributed by atoms with van der Waals surface area (Å²) in [7, 11) is 5.77. The van der Waals surface area contributed by atoms with Gasteiger partial charge in [-0.1, -0.05) is 30.3 Å². The van der Waals surface area contributed by atoms with Gasteiger partial charge in [-0.15, -0.1) is 0 Å². The predicted molar refractivity (Wildman–Crippen MR) is 123 cm³/mol. The van der Waals surface area contributed by atoms with Gasteiger partial charge in [-0.05, 0) is 35.2 Å². The Labute approximate surface area is 197 Å². The molecule has 1 unspecified atom stereocenters. The van der Waals surface area contributed by atoms with Crippen LogP contribution in [-0.2, 0) is 32.1 Å². The van der Waals surface area contributed by atoms with Crippen LogP contribution in [0, 0.1) is 0 Å². The zero-order valence-electron chi connectivity index (χ0n) is 19.5. The molecule has 1 aliphatic heterocycles. The Kier molecular flexibility index (Phi) is 8.31. The monoisotopic (exact) mass is 471 g/mol. The summed E-state index contributed by atoms with van der Waals surface area (Å²) >= 11 is 0. The van der Waals surface area contributed by atoms with E-state index in [-0.39, 0.29) is 12.5 Å². The maximum atomic E-state index is 12.8. The molecule has 3 atom stereocenters. The van der Waals surface area contributed by atoms with Gasteiger partial charge in [-0.2, -0.15) is 0 Å². The molecule has 1 aliphatic rings. The SMILES string of the molecule is CNC(=O)[C@@H]1Cc2cc(OC)c(OC)cc2C([C@H](NC(=O)OCc2ccccc2)C(=O)OC)N1. The molecule has 10 nitrogen and oxygen atoms in total. The molecule has 182 valence electrons. The van der Waals surface area contributed by atoms with Crippen LogP contribution in [0.15, 0.2) is 42.5 Å². The van der Waals surface area contributed by atoms with Crippen LogP contribution in [0.3, 0.4) is 0 Å². The van der Waals surface area contributed by atoms with Gasteiger partial charge in [0.05, 0.1) is 33.4 Å². The minimum Gasteiger partial charge on any atom is -0.493 e. The maximum Gasteiger partial charge on any atom is 0.408 e. The first kappa shape index (κ1) is 24.8. The quantitative estimate of drug-likeness (QED) is 0.495. The number of rotatable bonds is 8. The van der Waals surface area contributed by atoms with Crippen LogP contribution in [0.1, 0.15) is 22.7 Å². The van der Waals surface area contributed by atoms with Gasteiger partial charge in [0, 0.05) is 7.05 Å². The Bertz CT molecular complexity index is 1030. The van der Waals surface area contributed by atoms with Crippen LogP contribution in [0.2, 0.25) is 0 Å². The molecule has 0 spiro atoms. The summed E-state index contributed by atoms with van der Waals surface area (Å²) in [4.78, 5) is 37.9. The van der Waals surface area contributed by atoms with E-state index >= 15 is 0 Å². The molecule has 0 saturated heterocycles. The second kappa shape index (κ2) is 11.4. The third-order valence-electron chi connectivity index (χ3n) is 5.62. The van der Waals surface area contributed by atoms with Gasteiger partial charge in [0.1, 0.15) is 12.6 Å². The fourth-order valence-electron chi connectivity index (χ4n) is 3.90. The number of esters is 1. The van der Waals surface area contributed by atoms with Crippen molar-refractivity contribution in [1.82, 2.24) is 16.0 Å². The van der Waals surface area contributed by atoms with E-state index in [4.69, 9.17) is 18.9 Å².